The van der Waals surface area contributed by atoms with Gasteiger partial charge in [-0.25, -0.2) is 9.48 Å². The summed E-state index contributed by atoms with van der Waals surface area (Å²) in [6.45, 7) is 9.15. The molecule has 0 fully saturated rings. The molecule has 0 bridgehead atoms. The molecule has 1 N–H and O–H groups in total. The Balaban J connectivity index is 2.34. The molecule has 1 aromatic carbocycles. The zero-order valence-electron chi connectivity index (χ0n) is 14.6. The molecule has 0 spiro atoms. The Bertz CT molecular complexity index is 785. The van der Waals surface area contributed by atoms with Crippen LogP contribution in [0.2, 0.25) is 0 Å². The lowest BCUT2D eigenvalue weighted by Gasteiger charge is -2.19. The number of carboxylic acids is 1. The molecule has 2 aromatic rings. The van der Waals surface area contributed by atoms with Crippen LogP contribution in [0.4, 0.5) is 0 Å². The van der Waals surface area contributed by atoms with E-state index >= 15 is 0 Å². The van der Waals surface area contributed by atoms with Crippen LogP contribution < -0.4 is 0 Å². The van der Waals surface area contributed by atoms with E-state index in [-0.39, 0.29) is 18.0 Å². The Hall–Kier alpha value is -2.63. The minimum atomic E-state index is -0.993. The van der Waals surface area contributed by atoms with Crippen LogP contribution in [0.3, 0.4) is 0 Å². The van der Waals surface area contributed by atoms with Crippen molar-refractivity contribution in [3.8, 4) is 5.69 Å². The lowest BCUT2D eigenvalue weighted by molar-refractivity contribution is -0.153. The molecule has 0 radical (unpaired) electrons. The largest absolute Gasteiger partial charge is 0.478 e. The van der Waals surface area contributed by atoms with E-state index in [0.717, 1.165) is 17.0 Å². The molecule has 128 valence electrons. The molecule has 0 aliphatic heterocycles. The van der Waals surface area contributed by atoms with Gasteiger partial charge in [-0.15, -0.1) is 0 Å². The summed E-state index contributed by atoms with van der Waals surface area (Å²) < 4.78 is 7.02. The van der Waals surface area contributed by atoms with Gasteiger partial charge in [0.1, 0.15) is 5.60 Å². The molecule has 0 aliphatic carbocycles. The Morgan fingerprint density at radius 1 is 1.25 bits per heavy atom. The summed E-state index contributed by atoms with van der Waals surface area (Å²) in [6.07, 6.45) is 0.132. The number of carbonyl (C=O) groups is 2. The molecule has 2 rings (SSSR count). The Labute approximate surface area is 141 Å². The van der Waals surface area contributed by atoms with E-state index in [0.29, 0.717) is 5.69 Å². The number of carbonyl (C=O) groups excluding carboxylic acids is 1. The van der Waals surface area contributed by atoms with Crippen molar-refractivity contribution in [1.82, 2.24) is 9.78 Å². The van der Waals surface area contributed by atoms with Crippen molar-refractivity contribution in [1.29, 1.82) is 0 Å². The Morgan fingerprint density at radius 2 is 1.92 bits per heavy atom. The maximum Gasteiger partial charge on any atom is 0.335 e. The number of hydrogen-bond acceptors (Lipinski definition) is 4. The minimum absolute atomic E-state index is 0.132. The van der Waals surface area contributed by atoms with Gasteiger partial charge in [0.05, 0.1) is 23.4 Å². The molecule has 0 unspecified atom stereocenters. The van der Waals surface area contributed by atoms with E-state index in [9.17, 15) is 9.59 Å². The summed E-state index contributed by atoms with van der Waals surface area (Å²) >= 11 is 0. The molecule has 6 nitrogen and oxygen atoms in total. The summed E-state index contributed by atoms with van der Waals surface area (Å²) in [7, 11) is 0. The van der Waals surface area contributed by atoms with Gasteiger partial charge in [0.15, 0.2) is 0 Å². The standard InChI is InChI=1S/C18H22N2O4/c1-11-15(10-16(21)24-18(3,4)5)12(2)20(19-11)14-8-6-7-13(9-14)17(22)23/h6-9H,10H2,1-5H3,(H,22,23). The van der Waals surface area contributed by atoms with Crippen molar-refractivity contribution in [2.75, 3.05) is 0 Å². The summed E-state index contributed by atoms with van der Waals surface area (Å²) in [6, 6.07) is 6.53. The number of hydrogen-bond donors (Lipinski definition) is 1. The monoisotopic (exact) mass is 330 g/mol. The molecular weight excluding hydrogens is 308 g/mol. The number of ether oxygens (including phenoxy) is 1. The van der Waals surface area contributed by atoms with Gasteiger partial charge >= 0.3 is 11.9 Å². The van der Waals surface area contributed by atoms with Gasteiger partial charge in [-0.3, -0.25) is 4.79 Å². The lowest BCUT2D eigenvalue weighted by atomic mass is 10.1. The van der Waals surface area contributed by atoms with Crippen LogP contribution in [0.1, 0.15) is 48.1 Å². The van der Waals surface area contributed by atoms with Gasteiger partial charge < -0.3 is 9.84 Å². The highest BCUT2D eigenvalue weighted by Gasteiger charge is 2.21. The number of aryl methyl sites for hydroxylation is 1. The molecule has 1 heterocycles. The maximum atomic E-state index is 12.1. The molecule has 0 saturated heterocycles. The first-order valence-corrected chi connectivity index (χ1v) is 7.69. The zero-order chi connectivity index (χ0) is 18.1. The van der Waals surface area contributed by atoms with E-state index < -0.39 is 11.6 Å². The number of rotatable bonds is 4. The van der Waals surface area contributed by atoms with E-state index in [1.54, 1.807) is 22.9 Å². The first kappa shape index (κ1) is 17.7. The molecule has 6 heteroatoms. The third kappa shape index (κ3) is 4.01. The second-order valence-corrected chi connectivity index (χ2v) is 6.68. The predicted molar refractivity (Wildman–Crippen MR) is 89.5 cm³/mol. The number of aromatic carboxylic acids is 1. The Morgan fingerprint density at radius 3 is 2.50 bits per heavy atom. The van der Waals surface area contributed by atoms with Gasteiger partial charge in [-0.1, -0.05) is 6.07 Å². The van der Waals surface area contributed by atoms with Gasteiger partial charge in [-0.2, -0.15) is 5.10 Å². The molecule has 0 saturated carbocycles. The highest BCUT2D eigenvalue weighted by atomic mass is 16.6. The number of carboxylic acid groups (broad SMARTS) is 1. The SMILES string of the molecule is Cc1nn(-c2cccc(C(=O)O)c2)c(C)c1CC(=O)OC(C)(C)C. The number of nitrogens with zero attached hydrogens (tertiary/aromatic N) is 2. The Kier molecular flexibility index (Phi) is 4.78. The fourth-order valence-corrected chi connectivity index (χ4v) is 2.47. The van der Waals surface area contributed by atoms with E-state index in [1.807, 2.05) is 34.6 Å². The first-order valence-electron chi connectivity index (χ1n) is 7.69. The summed E-state index contributed by atoms with van der Waals surface area (Å²) in [5, 5.41) is 13.6. The van der Waals surface area contributed by atoms with Gasteiger partial charge in [-0.05, 0) is 52.8 Å². The van der Waals surface area contributed by atoms with Crippen molar-refractivity contribution >= 4 is 11.9 Å². The van der Waals surface area contributed by atoms with E-state index in [4.69, 9.17) is 9.84 Å². The average Bonchev–Trinajstić information content (AvgIpc) is 2.73. The third-order valence-electron chi connectivity index (χ3n) is 3.52. The second kappa shape index (κ2) is 6.47. The van der Waals surface area contributed by atoms with Crippen LogP contribution in [0.25, 0.3) is 5.69 Å². The zero-order valence-corrected chi connectivity index (χ0v) is 14.6. The maximum absolute atomic E-state index is 12.1. The summed E-state index contributed by atoms with van der Waals surface area (Å²) in [4.78, 5) is 23.2. The number of aromatic nitrogens is 2. The van der Waals surface area contributed by atoms with Crippen LogP contribution in [0.5, 0.6) is 0 Å². The van der Waals surface area contributed by atoms with Crippen LogP contribution in [-0.2, 0) is 16.0 Å². The van der Waals surface area contributed by atoms with Crippen LogP contribution >= 0.6 is 0 Å². The fourth-order valence-electron chi connectivity index (χ4n) is 2.47. The van der Waals surface area contributed by atoms with Gasteiger partial charge in [0.25, 0.3) is 0 Å². The normalized spacial score (nSPS) is 11.4. The molecule has 0 amide bonds. The molecule has 24 heavy (non-hydrogen) atoms. The lowest BCUT2D eigenvalue weighted by Crippen LogP contribution is -2.25. The highest BCUT2D eigenvalue weighted by Crippen LogP contribution is 2.20. The smallest absolute Gasteiger partial charge is 0.335 e. The van der Waals surface area contributed by atoms with Crippen molar-refractivity contribution in [3.63, 3.8) is 0 Å². The molecular formula is C18H22N2O4. The van der Waals surface area contributed by atoms with Crippen LogP contribution in [0.15, 0.2) is 24.3 Å². The van der Waals surface area contributed by atoms with E-state index in [2.05, 4.69) is 5.10 Å². The number of benzene rings is 1. The fraction of sp³-hybridized carbons (Fsp3) is 0.389. The molecule has 0 atom stereocenters. The molecule has 0 aliphatic rings. The summed E-state index contributed by atoms with van der Waals surface area (Å²) in [5.41, 5.74) is 2.61. The quantitative estimate of drug-likeness (QED) is 0.871. The highest BCUT2D eigenvalue weighted by molar-refractivity contribution is 5.88. The van der Waals surface area contributed by atoms with Crippen LogP contribution in [-0.4, -0.2) is 32.4 Å². The second-order valence-electron chi connectivity index (χ2n) is 6.68. The van der Waals surface area contributed by atoms with Crippen LogP contribution in [0, 0.1) is 13.8 Å². The minimum Gasteiger partial charge on any atom is -0.478 e. The third-order valence-corrected chi connectivity index (χ3v) is 3.52. The van der Waals surface area contributed by atoms with Crippen molar-refractivity contribution in [2.24, 2.45) is 0 Å². The molecule has 1 aromatic heterocycles. The average molecular weight is 330 g/mol. The van der Waals surface area contributed by atoms with Crippen molar-refractivity contribution < 1.29 is 19.4 Å². The van der Waals surface area contributed by atoms with Crippen molar-refractivity contribution in [3.05, 3.63) is 46.8 Å². The number of esters is 1. The van der Waals surface area contributed by atoms with E-state index in [1.165, 1.54) is 6.07 Å². The topological polar surface area (TPSA) is 81.4 Å². The van der Waals surface area contributed by atoms with Gasteiger partial charge in [0, 0.05) is 11.3 Å². The predicted octanol–water partition coefficient (Wildman–Crippen LogP) is 3.07. The summed E-state index contributed by atoms with van der Waals surface area (Å²) in [5.74, 6) is -1.31. The van der Waals surface area contributed by atoms with Crippen molar-refractivity contribution in [2.45, 2.75) is 46.6 Å². The van der Waals surface area contributed by atoms with Gasteiger partial charge in [0.2, 0.25) is 0 Å². The first-order chi connectivity index (χ1) is 11.1.